The van der Waals surface area contributed by atoms with E-state index in [1.807, 2.05) is 12.1 Å². The van der Waals surface area contributed by atoms with Gasteiger partial charge in [-0.2, -0.15) is 4.80 Å². The molecule has 3 rings (SSSR count). The number of carbonyl (C=O) groups is 1. The number of hydrogen-bond donors (Lipinski definition) is 1. The van der Waals surface area contributed by atoms with Crippen molar-refractivity contribution in [1.82, 2.24) is 25.5 Å². The van der Waals surface area contributed by atoms with E-state index in [4.69, 9.17) is 11.6 Å². The molecule has 1 fully saturated rings. The summed E-state index contributed by atoms with van der Waals surface area (Å²) in [5.41, 5.74) is 0.782. The molecular formula is C14H16ClN5O. The van der Waals surface area contributed by atoms with Gasteiger partial charge in [0.05, 0.1) is 0 Å². The average molecular weight is 306 g/mol. The molecule has 0 atom stereocenters. The molecule has 0 aliphatic heterocycles. The van der Waals surface area contributed by atoms with Crippen molar-refractivity contribution >= 4 is 17.5 Å². The molecular weight excluding hydrogens is 290 g/mol. The second-order valence-corrected chi connectivity index (χ2v) is 5.64. The summed E-state index contributed by atoms with van der Waals surface area (Å²) in [5, 5.41) is 15.7. The zero-order valence-corrected chi connectivity index (χ0v) is 12.3. The Kier molecular flexibility index (Phi) is 4.15. The molecule has 1 N–H and O–H groups in total. The predicted molar refractivity (Wildman–Crippen MR) is 78.7 cm³/mol. The molecule has 1 aliphatic rings. The van der Waals surface area contributed by atoms with E-state index in [9.17, 15) is 4.79 Å². The van der Waals surface area contributed by atoms with E-state index >= 15 is 0 Å². The number of rotatable bonds is 4. The van der Waals surface area contributed by atoms with Gasteiger partial charge in [0.15, 0.2) is 0 Å². The predicted octanol–water partition coefficient (Wildman–Crippen LogP) is 2.05. The molecule has 6 nitrogen and oxygen atoms in total. The van der Waals surface area contributed by atoms with Crippen molar-refractivity contribution < 1.29 is 4.79 Å². The minimum Gasteiger partial charge on any atom is -0.352 e. The van der Waals surface area contributed by atoms with Gasteiger partial charge in [0.2, 0.25) is 11.7 Å². The summed E-state index contributed by atoms with van der Waals surface area (Å²) in [5.74, 6) is 0.392. The zero-order valence-electron chi connectivity index (χ0n) is 11.5. The Bertz CT molecular complexity index is 636. The van der Waals surface area contributed by atoms with E-state index in [1.54, 1.807) is 12.1 Å². The van der Waals surface area contributed by atoms with Crippen LogP contribution in [0, 0.1) is 0 Å². The molecule has 21 heavy (non-hydrogen) atoms. The smallest absolute Gasteiger partial charge is 0.243 e. The van der Waals surface area contributed by atoms with Crippen LogP contribution in [0.1, 0.15) is 25.7 Å². The normalized spacial score (nSPS) is 15.3. The van der Waals surface area contributed by atoms with E-state index in [-0.39, 0.29) is 12.5 Å². The van der Waals surface area contributed by atoms with Crippen molar-refractivity contribution in [3.8, 4) is 11.4 Å². The lowest BCUT2D eigenvalue weighted by molar-refractivity contribution is -0.122. The maximum Gasteiger partial charge on any atom is 0.243 e. The van der Waals surface area contributed by atoms with Gasteiger partial charge in [-0.05, 0) is 30.2 Å². The number of aromatic nitrogens is 4. The van der Waals surface area contributed by atoms with Crippen molar-refractivity contribution in [2.75, 3.05) is 0 Å². The number of carbonyl (C=O) groups excluding carboxylic acids is 1. The highest BCUT2D eigenvalue weighted by molar-refractivity contribution is 6.30. The SMILES string of the molecule is O=C(Cn1nnc(-c2cccc(Cl)c2)n1)NC1CCCC1. The van der Waals surface area contributed by atoms with Gasteiger partial charge in [0.1, 0.15) is 6.54 Å². The fourth-order valence-corrected chi connectivity index (χ4v) is 2.72. The Morgan fingerprint density at radius 1 is 1.38 bits per heavy atom. The number of hydrogen-bond acceptors (Lipinski definition) is 4. The highest BCUT2D eigenvalue weighted by atomic mass is 35.5. The van der Waals surface area contributed by atoms with E-state index < -0.39 is 0 Å². The van der Waals surface area contributed by atoms with Crippen molar-refractivity contribution in [1.29, 1.82) is 0 Å². The van der Waals surface area contributed by atoms with Gasteiger partial charge in [-0.15, -0.1) is 10.2 Å². The largest absolute Gasteiger partial charge is 0.352 e. The number of tetrazole rings is 1. The molecule has 1 aromatic carbocycles. The first-order valence-electron chi connectivity index (χ1n) is 7.04. The molecule has 0 radical (unpaired) electrons. The average Bonchev–Trinajstić information content (AvgIpc) is 3.10. The Morgan fingerprint density at radius 3 is 2.95 bits per heavy atom. The number of nitrogens with zero attached hydrogens (tertiary/aromatic N) is 4. The van der Waals surface area contributed by atoms with Crippen LogP contribution in [-0.2, 0) is 11.3 Å². The van der Waals surface area contributed by atoms with E-state index in [0.29, 0.717) is 16.9 Å². The van der Waals surface area contributed by atoms with Crippen LogP contribution in [0.15, 0.2) is 24.3 Å². The molecule has 0 spiro atoms. The lowest BCUT2D eigenvalue weighted by atomic mass is 10.2. The van der Waals surface area contributed by atoms with Gasteiger partial charge in [-0.1, -0.05) is 36.6 Å². The van der Waals surface area contributed by atoms with E-state index in [1.165, 1.54) is 17.6 Å². The summed E-state index contributed by atoms with van der Waals surface area (Å²) in [6.45, 7) is 0.0874. The summed E-state index contributed by atoms with van der Waals surface area (Å²) >= 11 is 5.93. The highest BCUT2D eigenvalue weighted by Gasteiger charge is 2.18. The van der Waals surface area contributed by atoms with Crippen molar-refractivity contribution in [3.05, 3.63) is 29.3 Å². The molecule has 1 amide bonds. The van der Waals surface area contributed by atoms with Crippen molar-refractivity contribution in [3.63, 3.8) is 0 Å². The van der Waals surface area contributed by atoms with Gasteiger partial charge in [0, 0.05) is 16.6 Å². The minimum absolute atomic E-state index is 0.0723. The Labute approximate surface area is 127 Å². The molecule has 110 valence electrons. The second kappa shape index (κ2) is 6.22. The van der Waals surface area contributed by atoms with Crippen LogP contribution < -0.4 is 5.32 Å². The first-order valence-corrected chi connectivity index (χ1v) is 7.41. The number of halogens is 1. The Hall–Kier alpha value is -1.95. The minimum atomic E-state index is -0.0723. The maximum absolute atomic E-state index is 11.9. The van der Waals surface area contributed by atoms with Crippen LogP contribution in [0.5, 0.6) is 0 Å². The first kappa shape index (κ1) is 14.0. The van der Waals surface area contributed by atoms with Crippen LogP contribution in [0.25, 0.3) is 11.4 Å². The van der Waals surface area contributed by atoms with Gasteiger partial charge < -0.3 is 5.32 Å². The van der Waals surface area contributed by atoms with Gasteiger partial charge >= 0.3 is 0 Å². The van der Waals surface area contributed by atoms with Crippen molar-refractivity contribution in [2.45, 2.75) is 38.3 Å². The molecule has 0 bridgehead atoms. The van der Waals surface area contributed by atoms with Crippen LogP contribution >= 0.6 is 11.6 Å². The summed E-state index contributed by atoms with van der Waals surface area (Å²) in [6.07, 6.45) is 4.49. The second-order valence-electron chi connectivity index (χ2n) is 5.20. The summed E-state index contributed by atoms with van der Waals surface area (Å²) in [7, 11) is 0. The quantitative estimate of drug-likeness (QED) is 0.938. The Morgan fingerprint density at radius 2 is 2.19 bits per heavy atom. The van der Waals surface area contributed by atoms with Gasteiger partial charge in [-0.25, -0.2) is 0 Å². The molecule has 1 heterocycles. The molecule has 7 heteroatoms. The third kappa shape index (κ3) is 3.58. The third-order valence-electron chi connectivity index (χ3n) is 3.54. The zero-order chi connectivity index (χ0) is 14.7. The lowest BCUT2D eigenvalue weighted by Gasteiger charge is -2.10. The number of nitrogens with one attached hydrogen (secondary N) is 1. The first-order chi connectivity index (χ1) is 10.2. The van der Waals surface area contributed by atoms with E-state index in [0.717, 1.165) is 18.4 Å². The summed E-state index contributed by atoms with van der Waals surface area (Å²) in [4.78, 5) is 13.2. The monoisotopic (exact) mass is 305 g/mol. The topological polar surface area (TPSA) is 72.7 Å². The number of amides is 1. The number of benzene rings is 1. The fourth-order valence-electron chi connectivity index (χ4n) is 2.53. The third-order valence-corrected chi connectivity index (χ3v) is 3.78. The molecule has 0 saturated heterocycles. The van der Waals surface area contributed by atoms with E-state index in [2.05, 4.69) is 20.7 Å². The lowest BCUT2D eigenvalue weighted by Crippen LogP contribution is -2.35. The van der Waals surface area contributed by atoms with Gasteiger partial charge in [-0.3, -0.25) is 4.79 Å². The molecule has 1 saturated carbocycles. The highest BCUT2D eigenvalue weighted by Crippen LogP contribution is 2.19. The maximum atomic E-state index is 11.9. The molecule has 1 aromatic heterocycles. The molecule has 0 unspecified atom stereocenters. The molecule has 1 aliphatic carbocycles. The van der Waals surface area contributed by atoms with Crippen LogP contribution in [0.3, 0.4) is 0 Å². The van der Waals surface area contributed by atoms with Crippen LogP contribution in [0.2, 0.25) is 5.02 Å². The Balaban J connectivity index is 1.63. The molecule has 2 aromatic rings. The van der Waals surface area contributed by atoms with Gasteiger partial charge in [0.25, 0.3) is 0 Å². The van der Waals surface area contributed by atoms with Crippen molar-refractivity contribution in [2.24, 2.45) is 0 Å². The van der Waals surface area contributed by atoms with Crippen LogP contribution in [-0.4, -0.2) is 32.2 Å². The summed E-state index contributed by atoms with van der Waals surface area (Å²) < 4.78 is 0. The van der Waals surface area contributed by atoms with Crippen LogP contribution in [0.4, 0.5) is 0 Å². The standard InChI is InChI=1S/C14H16ClN5O/c15-11-5-3-4-10(8-11)14-17-19-20(18-14)9-13(21)16-12-6-1-2-7-12/h3-5,8,12H,1-2,6-7,9H2,(H,16,21). The summed E-state index contributed by atoms with van der Waals surface area (Å²) in [6, 6.07) is 7.52. The fraction of sp³-hybridized carbons (Fsp3) is 0.429.